The zero-order valence-corrected chi connectivity index (χ0v) is 35.9. The van der Waals surface area contributed by atoms with Crippen LogP contribution >= 0.6 is 7.37 Å². The minimum atomic E-state index is -2.50. The highest BCUT2D eigenvalue weighted by Crippen LogP contribution is 2.48. The van der Waals surface area contributed by atoms with Crippen molar-refractivity contribution in [1.82, 2.24) is 0 Å². The summed E-state index contributed by atoms with van der Waals surface area (Å²) in [6, 6.07) is 0. The van der Waals surface area contributed by atoms with Gasteiger partial charge >= 0.3 is 0 Å². The number of quaternary nitrogens is 1. The number of hydrogen-bond acceptors (Lipinski definition) is 2. The van der Waals surface area contributed by atoms with E-state index in [9.17, 15) is 4.57 Å². The minimum absolute atomic E-state index is 0.638. The van der Waals surface area contributed by atoms with Gasteiger partial charge in [0.1, 0.15) is 13.2 Å². The molecule has 0 aliphatic rings. The van der Waals surface area contributed by atoms with E-state index in [0.717, 1.165) is 36.2 Å². The molecule has 0 aromatic heterocycles. The van der Waals surface area contributed by atoms with E-state index in [0.29, 0.717) is 6.61 Å². The lowest BCUT2D eigenvalue weighted by atomic mass is 10.0. The first-order valence-electron chi connectivity index (χ1n) is 22.9. The number of hydrogen-bond donors (Lipinski definition) is 0. The Hall–Kier alpha value is 0.150. The summed E-state index contributed by atoms with van der Waals surface area (Å²) in [4.78, 5) is 0. The second kappa shape index (κ2) is 37.9. The zero-order chi connectivity index (χ0) is 36.0. The normalized spacial score (nSPS) is 12.3. The molecular weight excluding hydrogens is 617 g/mol. The number of rotatable bonds is 42. The summed E-state index contributed by atoms with van der Waals surface area (Å²) < 4.78 is 20.9. The van der Waals surface area contributed by atoms with Crippen LogP contribution < -0.4 is 0 Å². The summed E-state index contributed by atoms with van der Waals surface area (Å²) >= 11 is 0. The summed E-state index contributed by atoms with van der Waals surface area (Å²) in [5.74, 6) is 0. The van der Waals surface area contributed by atoms with E-state index < -0.39 is 7.37 Å². The van der Waals surface area contributed by atoms with E-state index in [1.807, 2.05) is 0 Å². The minimum Gasteiger partial charge on any atom is -0.329 e. The average molecular weight is 713 g/mol. The van der Waals surface area contributed by atoms with Gasteiger partial charge in [0.25, 0.3) is 0 Å². The van der Waals surface area contributed by atoms with Crippen molar-refractivity contribution in [3.63, 3.8) is 0 Å². The van der Waals surface area contributed by atoms with Gasteiger partial charge in [-0.3, -0.25) is 4.57 Å². The Bertz CT molecular complexity index is 631. The molecule has 0 saturated carbocycles. The molecule has 0 atom stereocenters. The number of likely N-dealkylation sites (N-methyl/N-ethyl adjacent to an activating group) is 1. The van der Waals surface area contributed by atoms with Gasteiger partial charge in [-0.2, -0.15) is 0 Å². The first-order chi connectivity index (χ1) is 23.8. The van der Waals surface area contributed by atoms with Gasteiger partial charge < -0.3 is 9.01 Å². The third-order valence-electron chi connectivity index (χ3n) is 10.8. The van der Waals surface area contributed by atoms with Crippen molar-refractivity contribution in [2.75, 3.05) is 46.6 Å². The van der Waals surface area contributed by atoms with Crippen LogP contribution in [0.2, 0.25) is 0 Å². The zero-order valence-electron chi connectivity index (χ0n) is 35.0. The average Bonchev–Trinajstić information content (AvgIpc) is 3.06. The molecule has 0 radical (unpaired) electrons. The van der Waals surface area contributed by atoms with Crippen LogP contribution in [0.4, 0.5) is 0 Å². The van der Waals surface area contributed by atoms with E-state index in [2.05, 4.69) is 35.0 Å². The van der Waals surface area contributed by atoms with Crippen LogP contribution in [0.1, 0.15) is 245 Å². The molecule has 0 aliphatic carbocycles. The second-order valence-electron chi connectivity index (χ2n) is 17.1. The Balaban J connectivity index is 3.80. The molecule has 0 rings (SSSR count). The van der Waals surface area contributed by atoms with Gasteiger partial charge in [0.15, 0.2) is 0 Å². The maximum absolute atomic E-state index is 13.8. The predicted octanol–water partition coefficient (Wildman–Crippen LogP) is 16.1. The van der Waals surface area contributed by atoms with E-state index in [4.69, 9.17) is 4.52 Å². The van der Waals surface area contributed by atoms with Gasteiger partial charge in [-0.15, -0.1) is 0 Å². The van der Waals surface area contributed by atoms with Gasteiger partial charge in [-0.25, -0.2) is 0 Å². The summed E-state index contributed by atoms with van der Waals surface area (Å²) in [7, 11) is 4.09. The first-order valence-corrected chi connectivity index (χ1v) is 24.9. The molecule has 0 heterocycles. The summed E-state index contributed by atoms with van der Waals surface area (Å²) in [6.07, 6.45) is 51.6. The molecule has 0 aromatic carbocycles. The molecule has 0 N–H and O–H groups in total. The fourth-order valence-electron chi connectivity index (χ4n) is 7.23. The molecule has 0 unspecified atom stereocenters. The molecule has 0 saturated heterocycles. The van der Waals surface area contributed by atoms with Gasteiger partial charge in [0, 0.05) is 12.3 Å². The van der Waals surface area contributed by atoms with Gasteiger partial charge in [0.05, 0.1) is 21.1 Å². The first kappa shape index (κ1) is 49.1. The lowest BCUT2D eigenvalue weighted by Crippen LogP contribution is -2.37. The number of nitrogens with zero attached hydrogens (tertiary/aromatic N) is 1. The van der Waals surface area contributed by atoms with E-state index in [1.165, 1.54) is 218 Å². The largest absolute Gasteiger partial charge is 0.329 e. The quantitative estimate of drug-likeness (QED) is 0.0358. The Labute approximate surface area is 311 Å². The molecular formula is C45H95NO2P+. The summed E-state index contributed by atoms with van der Waals surface area (Å²) in [5.41, 5.74) is 0. The Morgan fingerprint density at radius 3 is 0.755 bits per heavy atom. The Morgan fingerprint density at radius 1 is 0.347 bits per heavy atom. The Kier molecular flexibility index (Phi) is 38.0. The standard InChI is InChI=1S/C45H95NO2P/c1-6-8-10-12-14-16-18-20-22-24-26-28-30-32-34-36-38-40-44-49(47,48-43-42-46(3,4)5)45-41-39-37-35-33-31-29-27-25-23-21-19-17-15-13-11-9-7-2/h6-45H2,1-5H3/q+1. The molecule has 3 nitrogen and oxygen atoms in total. The topological polar surface area (TPSA) is 26.3 Å². The van der Waals surface area contributed by atoms with Crippen LogP contribution in [0.3, 0.4) is 0 Å². The molecule has 0 amide bonds. The maximum atomic E-state index is 13.8. The molecule has 49 heavy (non-hydrogen) atoms. The SMILES string of the molecule is CCCCCCCCCCCCCCCCCCCCP(=O)(CCCCCCCCCCCCCCCCCCCC)OCC[N+](C)(C)C. The van der Waals surface area contributed by atoms with E-state index in [-0.39, 0.29) is 0 Å². The lowest BCUT2D eigenvalue weighted by molar-refractivity contribution is -0.870. The summed E-state index contributed by atoms with van der Waals surface area (Å²) in [5, 5.41) is 0. The van der Waals surface area contributed by atoms with Gasteiger partial charge in [0.2, 0.25) is 7.37 Å². The third kappa shape index (κ3) is 40.8. The van der Waals surface area contributed by atoms with E-state index >= 15 is 0 Å². The van der Waals surface area contributed by atoms with Crippen LogP contribution in [0.15, 0.2) is 0 Å². The highest BCUT2D eigenvalue weighted by molar-refractivity contribution is 7.58. The Morgan fingerprint density at radius 2 is 0.551 bits per heavy atom. The third-order valence-corrected chi connectivity index (χ3v) is 13.4. The second-order valence-corrected chi connectivity index (χ2v) is 19.9. The van der Waals surface area contributed by atoms with Gasteiger partial charge in [-0.05, 0) is 12.8 Å². The van der Waals surface area contributed by atoms with Crippen molar-refractivity contribution in [2.45, 2.75) is 245 Å². The summed E-state index contributed by atoms with van der Waals surface area (Å²) in [6.45, 7) is 6.17. The fraction of sp³-hybridized carbons (Fsp3) is 1.00. The highest BCUT2D eigenvalue weighted by Gasteiger charge is 2.23. The van der Waals surface area contributed by atoms with Crippen LogP contribution in [-0.2, 0) is 9.09 Å². The molecule has 4 heteroatoms. The predicted molar refractivity (Wildman–Crippen MR) is 224 cm³/mol. The molecule has 0 bridgehead atoms. The number of unbranched alkanes of at least 4 members (excludes halogenated alkanes) is 34. The van der Waals surface area contributed by atoms with Crippen LogP contribution in [-0.4, -0.2) is 51.1 Å². The van der Waals surface area contributed by atoms with Crippen LogP contribution in [0.5, 0.6) is 0 Å². The molecule has 296 valence electrons. The molecule has 0 aromatic rings. The smallest absolute Gasteiger partial charge is 0.203 e. The van der Waals surface area contributed by atoms with Crippen LogP contribution in [0, 0.1) is 0 Å². The maximum Gasteiger partial charge on any atom is 0.203 e. The van der Waals surface area contributed by atoms with Crippen LogP contribution in [0.25, 0.3) is 0 Å². The molecule has 0 spiro atoms. The van der Waals surface area contributed by atoms with Crippen molar-refractivity contribution in [1.29, 1.82) is 0 Å². The van der Waals surface area contributed by atoms with Gasteiger partial charge in [-0.1, -0.05) is 232 Å². The van der Waals surface area contributed by atoms with E-state index in [1.54, 1.807) is 0 Å². The fourth-order valence-corrected chi connectivity index (χ4v) is 9.54. The lowest BCUT2D eigenvalue weighted by Gasteiger charge is -2.25. The van der Waals surface area contributed by atoms with Crippen molar-refractivity contribution in [2.24, 2.45) is 0 Å². The van der Waals surface area contributed by atoms with Crippen molar-refractivity contribution in [3.8, 4) is 0 Å². The highest BCUT2D eigenvalue weighted by atomic mass is 31.2. The molecule has 0 fully saturated rings. The molecule has 0 aliphatic heterocycles. The van der Waals surface area contributed by atoms with Crippen molar-refractivity contribution < 1.29 is 13.6 Å². The van der Waals surface area contributed by atoms with Crippen molar-refractivity contribution >= 4 is 7.37 Å². The monoisotopic (exact) mass is 713 g/mol. The van der Waals surface area contributed by atoms with Crippen molar-refractivity contribution in [3.05, 3.63) is 0 Å².